The summed E-state index contributed by atoms with van der Waals surface area (Å²) in [5.41, 5.74) is 0. The molecule has 0 saturated heterocycles. The Hall–Kier alpha value is -1.14. The van der Waals surface area contributed by atoms with E-state index in [0.717, 1.165) is 4.90 Å². The number of hydrogen-bond donors (Lipinski definition) is 0. The quantitative estimate of drug-likeness (QED) is 0.540. The second kappa shape index (κ2) is 5.09. The highest BCUT2D eigenvalue weighted by molar-refractivity contribution is 5.91. The number of nitrogens with zero attached hydrogens (tertiary/aromatic N) is 1. The third kappa shape index (κ3) is 3.49. The summed E-state index contributed by atoms with van der Waals surface area (Å²) in [5, 5.41) is 0. The summed E-state index contributed by atoms with van der Waals surface area (Å²) in [7, 11) is 0. The van der Waals surface area contributed by atoms with E-state index >= 15 is 0 Å². The molecule has 2 nitrogen and oxygen atoms in total. The smallest absolute Gasteiger partial charge is 0.337 e. The van der Waals surface area contributed by atoms with Gasteiger partial charge in [-0.15, -0.1) is 0 Å². The second-order valence-corrected chi connectivity index (χ2v) is 2.60. The Morgan fingerprint density at radius 1 is 1.13 bits per heavy atom. The highest BCUT2D eigenvalue weighted by Gasteiger charge is 2.40. The van der Waals surface area contributed by atoms with E-state index in [1.54, 1.807) is 0 Å². The van der Waals surface area contributed by atoms with Crippen LogP contribution in [-0.2, 0) is 4.79 Å². The van der Waals surface area contributed by atoms with Crippen molar-refractivity contribution in [3.8, 4) is 0 Å². The lowest BCUT2D eigenvalue weighted by atomic mass is 10.3. The minimum Gasteiger partial charge on any atom is -0.337 e. The van der Waals surface area contributed by atoms with Gasteiger partial charge in [-0.05, 0) is 13.8 Å². The van der Waals surface area contributed by atoms with Crippen LogP contribution < -0.4 is 0 Å². The first-order valence-corrected chi connectivity index (χ1v) is 4.17. The molecular weight excluding hydrogens is 221 g/mol. The van der Waals surface area contributed by atoms with Crippen molar-refractivity contribution in [1.29, 1.82) is 0 Å². The van der Waals surface area contributed by atoms with Crippen molar-refractivity contribution in [2.45, 2.75) is 20.0 Å². The van der Waals surface area contributed by atoms with Crippen molar-refractivity contribution in [3.05, 3.63) is 11.7 Å². The molecule has 0 atom stereocenters. The third-order valence-corrected chi connectivity index (χ3v) is 1.68. The molecule has 0 aliphatic carbocycles. The maximum Gasteiger partial charge on any atom is 0.446 e. The highest BCUT2D eigenvalue weighted by Crippen LogP contribution is 2.30. The van der Waals surface area contributed by atoms with Gasteiger partial charge in [0.1, 0.15) is 0 Å². The molecule has 88 valence electrons. The van der Waals surface area contributed by atoms with Crippen molar-refractivity contribution >= 4 is 5.91 Å². The minimum absolute atomic E-state index is 0.00783. The normalized spacial score (nSPS) is 13.5. The van der Waals surface area contributed by atoms with Gasteiger partial charge in [0.25, 0.3) is 5.91 Å². The zero-order valence-corrected chi connectivity index (χ0v) is 8.16. The third-order valence-electron chi connectivity index (χ3n) is 1.68. The van der Waals surface area contributed by atoms with Gasteiger partial charge in [0.2, 0.25) is 11.7 Å². The zero-order chi connectivity index (χ0) is 12.2. The molecule has 0 unspecified atom stereocenters. The average Bonchev–Trinajstić information content (AvgIpc) is 2.15. The maximum absolute atomic E-state index is 12.7. The Morgan fingerprint density at radius 2 is 1.53 bits per heavy atom. The molecule has 0 aromatic heterocycles. The van der Waals surface area contributed by atoms with E-state index in [-0.39, 0.29) is 13.1 Å². The molecule has 0 bridgehead atoms. The fourth-order valence-corrected chi connectivity index (χ4v) is 0.868. The van der Waals surface area contributed by atoms with Gasteiger partial charge in [-0.1, -0.05) is 0 Å². The molecule has 0 saturated carbocycles. The van der Waals surface area contributed by atoms with Crippen LogP contribution in [0.4, 0.5) is 22.0 Å². The molecule has 15 heavy (non-hydrogen) atoms. The summed E-state index contributed by atoms with van der Waals surface area (Å²) < 4.78 is 60.1. The fourth-order valence-electron chi connectivity index (χ4n) is 0.868. The molecule has 0 heterocycles. The first-order valence-electron chi connectivity index (χ1n) is 4.17. The lowest BCUT2D eigenvalue weighted by Crippen LogP contribution is -2.32. The van der Waals surface area contributed by atoms with Crippen molar-refractivity contribution in [2.24, 2.45) is 0 Å². The van der Waals surface area contributed by atoms with Gasteiger partial charge in [0, 0.05) is 13.1 Å². The van der Waals surface area contributed by atoms with Gasteiger partial charge in [-0.2, -0.15) is 22.0 Å². The van der Waals surface area contributed by atoms with Gasteiger partial charge in [0.05, 0.1) is 0 Å². The Labute approximate surface area is 83.4 Å². The lowest BCUT2D eigenvalue weighted by Gasteiger charge is -2.17. The molecule has 0 aromatic carbocycles. The van der Waals surface area contributed by atoms with Crippen molar-refractivity contribution in [3.63, 3.8) is 0 Å². The standard InChI is InChI=1S/C8H10F5NO/c1-3-14(4-2)7(15)5(9)6(10)8(11,12)13/h3-4H2,1-2H3/b6-5-. The maximum atomic E-state index is 12.7. The minimum atomic E-state index is -5.47. The van der Waals surface area contributed by atoms with E-state index in [4.69, 9.17) is 0 Å². The largest absolute Gasteiger partial charge is 0.446 e. The summed E-state index contributed by atoms with van der Waals surface area (Å²) >= 11 is 0. The number of halogens is 5. The summed E-state index contributed by atoms with van der Waals surface area (Å²) in [6.07, 6.45) is -5.47. The number of rotatable bonds is 3. The molecule has 0 aliphatic heterocycles. The predicted molar refractivity (Wildman–Crippen MR) is 43.2 cm³/mol. The summed E-state index contributed by atoms with van der Waals surface area (Å²) in [5.74, 6) is -6.97. The van der Waals surface area contributed by atoms with Crippen molar-refractivity contribution < 1.29 is 26.7 Å². The first-order chi connectivity index (χ1) is 6.75. The number of alkyl halides is 3. The zero-order valence-electron chi connectivity index (χ0n) is 8.16. The van der Waals surface area contributed by atoms with Crippen LogP contribution in [-0.4, -0.2) is 30.1 Å². The van der Waals surface area contributed by atoms with E-state index in [2.05, 4.69) is 0 Å². The van der Waals surface area contributed by atoms with E-state index < -0.39 is 23.7 Å². The Bertz CT molecular complexity index is 267. The van der Waals surface area contributed by atoms with E-state index in [1.807, 2.05) is 0 Å². The summed E-state index contributed by atoms with van der Waals surface area (Å²) in [6.45, 7) is 2.90. The van der Waals surface area contributed by atoms with Crippen LogP contribution in [0.25, 0.3) is 0 Å². The highest BCUT2D eigenvalue weighted by atomic mass is 19.4. The lowest BCUT2D eigenvalue weighted by molar-refractivity contribution is -0.132. The number of amides is 1. The molecular formula is C8H10F5NO. The van der Waals surface area contributed by atoms with Crippen LogP contribution in [0.15, 0.2) is 11.7 Å². The molecule has 1 amide bonds. The molecule has 0 radical (unpaired) electrons. The predicted octanol–water partition coefficient (Wildman–Crippen LogP) is 2.57. The average molecular weight is 231 g/mol. The van der Waals surface area contributed by atoms with Gasteiger partial charge in [-0.25, -0.2) is 0 Å². The van der Waals surface area contributed by atoms with Crippen LogP contribution >= 0.6 is 0 Å². The Kier molecular flexibility index (Phi) is 4.70. The van der Waals surface area contributed by atoms with Crippen LogP contribution in [0, 0.1) is 0 Å². The molecule has 0 rings (SSSR count). The van der Waals surface area contributed by atoms with E-state index in [9.17, 15) is 26.7 Å². The number of carbonyl (C=O) groups excluding carboxylic acids is 1. The van der Waals surface area contributed by atoms with Gasteiger partial charge in [-0.3, -0.25) is 4.79 Å². The summed E-state index contributed by atoms with van der Waals surface area (Å²) in [6, 6.07) is 0. The van der Waals surface area contributed by atoms with Crippen LogP contribution in [0.3, 0.4) is 0 Å². The fraction of sp³-hybridized carbons (Fsp3) is 0.625. The number of carbonyl (C=O) groups is 1. The number of allylic oxidation sites excluding steroid dienone is 1. The topological polar surface area (TPSA) is 20.3 Å². The first kappa shape index (κ1) is 13.9. The number of hydrogen-bond acceptors (Lipinski definition) is 1. The molecule has 0 aromatic rings. The second-order valence-electron chi connectivity index (χ2n) is 2.60. The van der Waals surface area contributed by atoms with E-state index in [0.29, 0.717) is 0 Å². The van der Waals surface area contributed by atoms with Crippen molar-refractivity contribution in [2.75, 3.05) is 13.1 Å². The van der Waals surface area contributed by atoms with Crippen LogP contribution in [0.2, 0.25) is 0 Å². The monoisotopic (exact) mass is 231 g/mol. The van der Waals surface area contributed by atoms with Gasteiger partial charge in [0.15, 0.2) is 0 Å². The Morgan fingerprint density at radius 3 is 1.80 bits per heavy atom. The van der Waals surface area contributed by atoms with Gasteiger partial charge < -0.3 is 4.90 Å². The van der Waals surface area contributed by atoms with E-state index in [1.165, 1.54) is 13.8 Å². The Balaban J connectivity index is 4.99. The SMILES string of the molecule is CCN(CC)C(=O)/C(F)=C(/F)C(F)(F)F. The number of likely N-dealkylation sites (N-methyl/N-ethyl adjacent to an activating group) is 1. The molecule has 7 heteroatoms. The molecule has 0 aliphatic rings. The molecule has 0 spiro atoms. The van der Waals surface area contributed by atoms with Crippen LogP contribution in [0.1, 0.15) is 13.8 Å². The van der Waals surface area contributed by atoms with Crippen molar-refractivity contribution in [1.82, 2.24) is 4.90 Å². The summed E-state index contributed by atoms with van der Waals surface area (Å²) in [4.78, 5) is 11.7. The van der Waals surface area contributed by atoms with Crippen LogP contribution in [0.5, 0.6) is 0 Å². The molecule has 0 fully saturated rings. The molecule has 0 N–H and O–H groups in total. The van der Waals surface area contributed by atoms with Gasteiger partial charge >= 0.3 is 6.18 Å².